The smallest absolute Gasteiger partial charge is 0.253 e. The predicted molar refractivity (Wildman–Crippen MR) is 75.0 cm³/mol. The van der Waals surface area contributed by atoms with Crippen molar-refractivity contribution >= 4 is 17.5 Å². The lowest BCUT2D eigenvalue weighted by molar-refractivity contribution is 0.0919. The minimum atomic E-state index is -0.0568. The normalized spacial score (nSPS) is 18.3. The van der Waals surface area contributed by atoms with E-state index in [1.54, 1.807) is 12.1 Å². The van der Waals surface area contributed by atoms with Gasteiger partial charge in [0.1, 0.15) is 0 Å². The van der Waals surface area contributed by atoms with Gasteiger partial charge in [-0.3, -0.25) is 4.79 Å². The van der Waals surface area contributed by atoms with Crippen molar-refractivity contribution in [2.45, 2.75) is 45.1 Å². The highest BCUT2D eigenvalue weighted by Crippen LogP contribution is 2.26. The minimum Gasteiger partial charge on any atom is -0.349 e. The zero-order chi connectivity index (χ0) is 13.0. The molecule has 1 aliphatic carbocycles. The van der Waals surface area contributed by atoms with Crippen LogP contribution in [0.2, 0.25) is 5.02 Å². The average molecular weight is 266 g/mol. The Balaban J connectivity index is 1.96. The molecule has 2 nitrogen and oxygen atoms in total. The van der Waals surface area contributed by atoms with Crippen LogP contribution in [0.5, 0.6) is 0 Å². The maximum absolute atomic E-state index is 12.1. The van der Waals surface area contributed by atoms with Crippen LogP contribution in [0.25, 0.3) is 0 Å². The van der Waals surface area contributed by atoms with Crippen molar-refractivity contribution in [2.75, 3.05) is 0 Å². The molecule has 1 aromatic rings. The molecule has 98 valence electrons. The predicted octanol–water partition coefficient (Wildman–Crippen LogP) is 4.04. The van der Waals surface area contributed by atoms with E-state index < -0.39 is 0 Å². The van der Waals surface area contributed by atoms with Crippen LogP contribution in [0.1, 0.15) is 49.4 Å². The number of hydrogen-bond donors (Lipinski definition) is 1. The maximum Gasteiger partial charge on any atom is 0.253 e. The van der Waals surface area contributed by atoms with E-state index in [9.17, 15) is 4.79 Å². The second kappa shape index (κ2) is 6.24. The van der Waals surface area contributed by atoms with Crippen molar-refractivity contribution in [3.8, 4) is 0 Å². The van der Waals surface area contributed by atoms with Gasteiger partial charge in [0.25, 0.3) is 5.91 Å². The SMILES string of the molecule is CC(NC(=O)c1ccccc1Cl)C1CCCCC1. The van der Waals surface area contributed by atoms with Crippen LogP contribution in [0.3, 0.4) is 0 Å². The molecule has 0 heterocycles. The van der Waals surface area contributed by atoms with Crippen LogP contribution in [-0.4, -0.2) is 11.9 Å². The number of rotatable bonds is 3. The van der Waals surface area contributed by atoms with E-state index in [1.165, 1.54) is 32.1 Å². The van der Waals surface area contributed by atoms with Crippen molar-refractivity contribution < 1.29 is 4.79 Å². The van der Waals surface area contributed by atoms with Gasteiger partial charge in [-0.25, -0.2) is 0 Å². The van der Waals surface area contributed by atoms with Crippen molar-refractivity contribution in [1.82, 2.24) is 5.32 Å². The molecule has 2 rings (SSSR count). The zero-order valence-corrected chi connectivity index (χ0v) is 11.5. The third-order valence-electron chi connectivity index (χ3n) is 3.83. The lowest BCUT2D eigenvalue weighted by atomic mass is 9.84. The summed E-state index contributed by atoms with van der Waals surface area (Å²) in [4.78, 5) is 12.1. The molecule has 1 N–H and O–H groups in total. The van der Waals surface area contributed by atoms with Crippen molar-refractivity contribution in [2.24, 2.45) is 5.92 Å². The van der Waals surface area contributed by atoms with Gasteiger partial charge >= 0.3 is 0 Å². The fraction of sp³-hybridized carbons (Fsp3) is 0.533. The highest BCUT2D eigenvalue weighted by molar-refractivity contribution is 6.33. The fourth-order valence-corrected chi connectivity index (χ4v) is 2.90. The van der Waals surface area contributed by atoms with Crippen molar-refractivity contribution in [3.63, 3.8) is 0 Å². The van der Waals surface area contributed by atoms with Gasteiger partial charge < -0.3 is 5.32 Å². The summed E-state index contributed by atoms with van der Waals surface area (Å²) in [6.45, 7) is 2.10. The zero-order valence-electron chi connectivity index (χ0n) is 10.8. The topological polar surface area (TPSA) is 29.1 Å². The summed E-state index contributed by atoms with van der Waals surface area (Å²) in [5.74, 6) is 0.559. The monoisotopic (exact) mass is 265 g/mol. The molecule has 1 saturated carbocycles. The first-order chi connectivity index (χ1) is 8.68. The van der Waals surface area contributed by atoms with E-state index >= 15 is 0 Å². The van der Waals surface area contributed by atoms with Gasteiger partial charge in [0.2, 0.25) is 0 Å². The van der Waals surface area contributed by atoms with Crippen molar-refractivity contribution in [3.05, 3.63) is 34.9 Å². The molecule has 1 unspecified atom stereocenters. The minimum absolute atomic E-state index is 0.0568. The third kappa shape index (κ3) is 3.26. The molecular formula is C15H20ClNO. The molecule has 0 aromatic heterocycles. The lowest BCUT2D eigenvalue weighted by Crippen LogP contribution is -2.38. The Morgan fingerprint density at radius 2 is 1.94 bits per heavy atom. The molecule has 3 heteroatoms. The average Bonchev–Trinajstić information content (AvgIpc) is 2.40. The molecule has 1 atom stereocenters. The largest absolute Gasteiger partial charge is 0.349 e. The van der Waals surface area contributed by atoms with Crippen LogP contribution >= 0.6 is 11.6 Å². The van der Waals surface area contributed by atoms with E-state index in [1.807, 2.05) is 12.1 Å². The Morgan fingerprint density at radius 1 is 1.28 bits per heavy atom. The summed E-state index contributed by atoms with van der Waals surface area (Å²) in [6.07, 6.45) is 6.36. The molecule has 18 heavy (non-hydrogen) atoms. The van der Waals surface area contributed by atoms with Crippen molar-refractivity contribution in [1.29, 1.82) is 0 Å². The molecule has 1 aliphatic rings. The molecule has 0 spiro atoms. The summed E-state index contributed by atoms with van der Waals surface area (Å²) < 4.78 is 0. The van der Waals surface area contributed by atoms with Gasteiger partial charge in [0, 0.05) is 6.04 Å². The molecule has 0 aliphatic heterocycles. The highest BCUT2D eigenvalue weighted by atomic mass is 35.5. The highest BCUT2D eigenvalue weighted by Gasteiger charge is 2.22. The third-order valence-corrected chi connectivity index (χ3v) is 4.16. The van der Waals surface area contributed by atoms with E-state index in [-0.39, 0.29) is 11.9 Å². The Kier molecular flexibility index (Phi) is 4.65. The Bertz CT molecular complexity index is 413. The number of carbonyl (C=O) groups excluding carboxylic acids is 1. The van der Waals surface area contributed by atoms with Gasteiger partial charge in [0.15, 0.2) is 0 Å². The van der Waals surface area contributed by atoms with E-state index in [4.69, 9.17) is 11.6 Å². The van der Waals surface area contributed by atoms with E-state index in [0.717, 1.165) is 0 Å². The van der Waals surface area contributed by atoms with Gasteiger partial charge in [0.05, 0.1) is 10.6 Å². The molecule has 0 bridgehead atoms. The van der Waals surface area contributed by atoms with Crippen LogP contribution < -0.4 is 5.32 Å². The van der Waals surface area contributed by atoms with Gasteiger partial charge in [-0.2, -0.15) is 0 Å². The van der Waals surface area contributed by atoms with Gasteiger partial charge in [-0.1, -0.05) is 43.0 Å². The number of nitrogens with one attached hydrogen (secondary N) is 1. The van der Waals surface area contributed by atoms with Crippen LogP contribution in [0.15, 0.2) is 24.3 Å². The van der Waals surface area contributed by atoms with E-state index in [2.05, 4.69) is 12.2 Å². The van der Waals surface area contributed by atoms with Crippen LogP contribution in [0, 0.1) is 5.92 Å². The summed E-state index contributed by atoms with van der Waals surface area (Å²) in [7, 11) is 0. The molecular weight excluding hydrogens is 246 g/mol. The van der Waals surface area contributed by atoms with Gasteiger partial charge in [-0.05, 0) is 37.8 Å². The maximum atomic E-state index is 12.1. The van der Waals surface area contributed by atoms with Crippen LogP contribution in [-0.2, 0) is 0 Å². The first-order valence-corrected chi connectivity index (χ1v) is 7.11. The molecule has 0 radical (unpaired) electrons. The molecule has 1 aromatic carbocycles. The second-order valence-electron chi connectivity index (χ2n) is 5.14. The lowest BCUT2D eigenvalue weighted by Gasteiger charge is -2.28. The van der Waals surface area contributed by atoms with E-state index in [0.29, 0.717) is 16.5 Å². The second-order valence-corrected chi connectivity index (χ2v) is 5.55. The Labute approximate surface area is 114 Å². The molecule has 1 amide bonds. The number of amides is 1. The Morgan fingerprint density at radius 3 is 2.61 bits per heavy atom. The summed E-state index contributed by atoms with van der Waals surface area (Å²) >= 11 is 6.03. The first-order valence-electron chi connectivity index (χ1n) is 6.74. The summed E-state index contributed by atoms with van der Waals surface area (Å²) in [5, 5.41) is 3.60. The number of carbonyl (C=O) groups is 1. The number of hydrogen-bond acceptors (Lipinski definition) is 1. The number of benzene rings is 1. The number of halogens is 1. The Hall–Kier alpha value is -1.02. The summed E-state index contributed by atoms with van der Waals surface area (Å²) in [5.41, 5.74) is 0.571. The van der Waals surface area contributed by atoms with Crippen LogP contribution in [0.4, 0.5) is 0 Å². The fourth-order valence-electron chi connectivity index (χ4n) is 2.68. The standard InChI is InChI=1S/C15H20ClNO/c1-11(12-7-3-2-4-8-12)17-15(18)13-9-5-6-10-14(13)16/h5-6,9-12H,2-4,7-8H2,1H3,(H,17,18). The van der Waals surface area contributed by atoms with Gasteiger partial charge in [-0.15, -0.1) is 0 Å². The molecule has 1 fully saturated rings. The summed E-state index contributed by atoms with van der Waals surface area (Å²) in [6, 6.07) is 7.43. The first kappa shape index (κ1) is 13.4. The quantitative estimate of drug-likeness (QED) is 0.878. The molecule has 0 saturated heterocycles.